The van der Waals surface area contributed by atoms with Crippen molar-refractivity contribution in [3.8, 4) is 17.0 Å². The highest BCUT2D eigenvalue weighted by atomic mass is 32.1. The maximum absolute atomic E-state index is 12.4. The molecule has 1 fully saturated rings. The van der Waals surface area contributed by atoms with Gasteiger partial charge in [-0.25, -0.2) is 4.98 Å². The van der Waals surface area contributed by atoms with Crippen LogP contribution in [-0.2, 0) is 0 Å². The van der Waals surface area contributed by atoms with Crippen molar-refractivity contribution in [1.29, 1.82) is 0 Å². The van der Waals surface area contributed by atoms with Crippen LogP contribution in [0.25, 0.3) is 11.3 Å². The quantitative estimate of drug-likeness (QED) is 0.642. The number of hydrogen-bond donors (Lipinski definition) is 1. The molecule has 2 aromatic carbocycles. The molecular weight excluding hydrogens is 344 g/mol. The number of anilines is 1. The summed E-state index contributed by atoms with van der Waals surface area (Å²) in [7, 11) is 0. The minimum atomic E-state index is -0.127. The van der Waals surface area contributed by atoms with Gasteiger partial charge >= 0.3 is 0 Å². The summed E-state index contributed by atoms with van der Waals surface area (Å²) in [6.07, 6.45) is 2.52. The first-order valence-electron chi connectivity index (χ1n) is 8.83. The van der Waals surface area contributed by atoms with Gasteiger partial charge in [-0.3, -0.25) is 4.79 Å². The third-order valence-electron chi connectivity index (χ3n) is 4.31. The number of aromatic nitrogens is 1. The molecule has 0 saturated heterocycles. The molecule has 5 heteroatoms. The van der Waals surface area contributed by atoms with Gasteiger partial charge in [0, 0.05) is 28.1 Å². The molecule has 1 N–H and O–H groups in total. The average molecular weight is 364 g/mol. The van der Waals surface area contributed by atoms with Gasteiger partial charge < -0.3 is 10.1 Å². The molecule has 0 bridgehead atoms. The van der Waals surface area contributed by atoms with Crippen LogP contribution in [0.4, 0.5) is 5.69 Å². The van der Waals surface area contributed by atoms with E-state index < -0.39 is 0 Å². The van der Waals surface area contributed by atoms with Crippen LogP contribution in [-0.4, -0.2) is 17.5 Å². The van der Waals surface area contributed by atoms with Crippen molar-refractivity contribution < 1.29 is 9.53 Å². The van der Waals surface area contributed by atoms with Gasteiger partial charge in [0.05, 0.1) is 17.3 Å². The average Bonchev–Trinajstić information content (AvgIpc) is 3.40. The summed E-state index contributed by atoms with van der Waals surface area (Å²) in [6, 6.07) is 15.0. The van der Waals surface area contributed by atoms with Gasteiger partial charge in [0.15, 0.2) is 0 Å². The normalized spacial score (nSPS) is 13.4. The fourth-order valence-corrected chi connectivity index (χ4v) is 3.74. The number of amides is 1. The smallest absolute Gasteiger partial charge is 0.255 e. The molecule has 1 amide bonds. The molecule has 4 nitrogen and oxygen atoms in total. The minimum Gasteiger partial charge on any atom is -0.494 e. The molecule has 1 aliphatic carbocycles. The van der Waals surface area contributed by atoms with E-state index in [2.05, 4.69) is 10.7 Å². The van der Waals surface area contributed by atoms with Gasteiger partial charge in [-0.1, -0.05) is 12.1 Å². The zero-order chi connectivity index (χ0) is 17.9. The fraction of sp³-hybridized carbons (Fsp3) is 0.238. The molecule has 1 aliphatic rings. The van der Waals surface area contributed by atoms with Crippen LogP contribution in [0.15, 0.2) is 53.9 Å². The lowest BCUT2D eigenvalue weighted by molar-refractivity contribution is 0.102. The van der Waals surface area contributed by atoms with E-state index in [0.29, 0.717) is 18.1 Å². The molecule has 1 saturated carbocycles. The van der Waals surface area contributed by atoms with Crippen molar-refractivity contribution in [2.75, 3.05) is 11.9 Å². The number of thiazole rings is 1. The van der Waals surface area contributed by atoms with Crippen LogP contribution in [0.3, 0.4) is 0 Å². The summed E-state index contributed by atoms with van der Waals surface area (Å²) >= 11 is 1.73. The van der Waals surface area contributed by atoms with Gasteiger partial charge in [-0.2, -0.15) is 0 Å². The Bertz CT molecular complexity index is 897. The summed E-state index contributed by atoms with van der Waals surface area (Å²) in [4.78, 5) is 17.1. The molecule has 1 heterocycles. The van der Waals surface area contributed by atoms with E-state index in [9.17, 15) is 4.79 Å². The number of benzene rings is 2. The summed E-state index contributed by atoms with van der Waals surface area (Å²) in [5.41, 5.74) is 3.41. The summed E-state index contributed by atoms with van der Waals surface area (Å²) in [5, 5.41) is 6.24. The molecule has 0 unspecified atom stereocenters. The number of ether oxygens (including phenoxy) is 1. The molecule has 0 spiro atoms. The standard InChI is InChI=1S/C21H20N2O2S/c1-2-25-18-11-9-17(10-12-18)22-20(24)15-5-3-14(4-6-15)19-13-26-21(23-19)16-7-8-16/h3-6,9-13,16H,2,7-8H2,1H3,(H,22,24). The molecule has 0 aliphatic heterocycles. The molecule has 4 rings (SSSR count). The van der Waals surface area contributed by atoms with E-state index in [1.165, 1.54) is 17.8 Å². The Labute approximate surface area is 156 Å². The van der Waals surface area contributed by atoms with Crippen LogP contribution in [0.2, 0.25) is 0 Å². The molecule has 0 atom stereocenters. The third-order valence-corrected chi connectivity index (χ3v) is 5.32. The number of hydrogen-bond acceptors (Lipinski definition) is 4. The SMILES string of the molecule is CCOc1ccc(NC(=O)c2ccc(-c3csc(C4CC4)n3)cc2)cc1. The van der Waals surface area contributed by atoms with E-state index in [-0.39, 0.29) is 5.91 Å². The van der Waals surface area contributed by atoms with Gasteiger partial charge in [0.25, 0.3) is 5.91 Å². The van der Waals surface area contributed by atoms with Crippen LogP contribution in [0.5, 0.6) is 5.75 Å². The molecule has 26 heavy (non-hydrogen) atoms. The van der Waals surface area contributed by atoms with Crippen molar-refractivity contribution in [3.05, 3.63) is 64.5 Å². The topological polar surface area (TPSA) is 51.2 Å². The lowest BCUT2D eigenvalue weighted by Crippen LogP contribution is -2.11. The molecule has 132 valence electrons. The maximum Gasteiger partial charge on any atom is 0.255 e. The predicted octanol–water partition coefficient (Wildman–Crippen LogP) is 5.34. The van der Waals surface area contributed by atoms with Gasteiger partial charge in [0.1, 0.15) is 5.75 Å². The van der Waals surface area contributed by atoms with Crippen LogP contribution in [0, 0.1) is 0 Å². The Kier molecular flexibility index (Phi) is 4.71. The van der Waals surface area contributed by atoms with Crippen molar-refractivity contribution >= 4 is 22.9 Å². The monoisotopic (exact) mass is 364 g/mol. The molecular formula is C21H20N2O2S. The zero-order valence-electron chi connectivity index (χ0n) is 14.6. The highest BCUT2D eigenvalue weighted by molar-refractivity contribution is 7.10. The van der Waals surface area contributed by atoms with Crippen molar-refractivity contribution in [2.24, 2.45) is 0 Å². The lowest BCUT2D eigenvalue weighted by Gasteiger charge is -2.07. The Morgan fingerprint density at radius 3 is 2.54 bits per heavy atom. The lowest BCUT2D eigenvalue weighted by atomic mass is 10.1. The van der Waals surface area contributed by atoms with Crippen molar-refractivity contribution in [1.82, 2.24) is 4.98 Å². The van der Waals surface area contributed by atoms with Crippen molar-refractivity contribution in [2.45, 2.75) is 25.7 Å². The Morgan fingerprint density at radius 2 is 1.88 bits per heavy atom. The number of rotatable bonds is 6. The predicted molar refractivity (Wildman–Crippen MR) is 105 cm³/mol. The van der Waals surface area contributed by atoms with E-state index in [4.69, 9.17) is 9.72 Å². The molecule has 3 aromatic rings. The first-order chi connectivity index (χ1) is 12.7. The van der Waals surface area contributed by atoms with Crippen LogP contribution >= 0.6 is 11.3 Å². The Morgan fingerprint density at radius 1 is 1.15 bits per heavy atom. The molecule has 1 aromatic heterocycles. The minimum absolute atomic E-state index is 0.127. The summed E-state index contributed by atoms with van der Waals surface area (Å²) < 4.78 is 5.41. The van der Waals surface area contributed by atoms with Crippen molar-refractivity contribution in [3.63, 3.8) is 0 Å². The Balaban J connectivity index is 1.42. The number of nitrogens with one attached hydrogen (secondary N) is 1. The van der Waals surface area contributed by atoms with E-state index in [1.807, 2.05) is 55.5 Å². The van der Waals surface area contributed by atoms with Crippen LogP contribution < -0.4 is 10.1 Å². The second-order valence-electron chi connectivity index (χ2n) is 6.33. The van der Waals surface area contributed by atoms with E-state index >= 15 is 0 Å². The fourth-order valence-electron chi connectivity index (χ4n) is 2.73. The first kappa shape index (κ1) is 16.8. The second kappa shape index (κ2) is 7.30. The van der Waals surface area contributed by atoms with E-state index in [0.717, 1.165) is 22.7 Å². The highest BCUT2D eigenvalue weighted by Gasteiger charge is 2.26. The Hall–Kier alpha value is -2.66. The van der Waals surface area contributed by atoms with Gasteiger partial charge in [-0.05, 0) is 56.2 Å². The summed E-state index contributed by atoms with van der Waals surface area (Å²) in [6.45, 7) is 2.57. The van der Waals surface area contributed by atoms with Gasteiger partial charge in [-0.15, -0.1) is 11.3 Å². The maximum atomic E-state index is 12.4. The largest absolute Gasteiger partial charge is 0.494 e. The molecule has 0 radical (unpaired) electrons. The second-order valence-corrected chi connectivity index (χ2v) is 7.22. The number of carbonyl (C=O) groups is 1. The van der Waals surface area contributed by atoms with Crippen LogP contribution in [0.1, 0.15) is 41.0 Å². The highest BCUT2D eigenvalue weighted by Crippen LogP contribution is 2.42. The van der Waals surface area contributed by atoms with E-state index in [1.54, 1.807) is 11.3 Å². The number of nitrogens with zero attached hydrogens (tertiary/aromatic N) is 1. The zero-order valence-corrected chi connectivity index (χ0v) is 15.4. The third kappa shape index (κ3) is 3.78. The summed E-state index contributed by atoms with van der Waals surface area (Å²) in [5.74, 6) is 1.34. The number of carbonyl (C=O) groups excluding carboxylic acids is 1. The first-order valence-corrected chi connectivity index (χ1v) is 9.71. The van der Waals surface area contributed by atoms with Gasteiger partial charge in [0.2, 0.25) is 0 Å².